The summed E-state index contributed by atoms with van der Waals surface area (Å²) in [6.07, 6.45) is 1.04. The monoisotopic (exact) mass is 276 g/mol. The molecule has 2 atom stereocenters. The Bertz CT molecular complexity index is 789. The van der Waals surface area contributed by atoms with Gasteiger partial charge < -0.3 is 9.84 Å². The average Bonchev–Trinajstić information content (AvgIpc) is 3.28. The van der Waals surface area contributed by atoms with Crippen LogP contribution in [0.1, 0.15) is 17.2 Å². The molecule has 4 rings (SSSR count). The molecule has 1 saturated heterocycles. The van der Waals surface area contributed by atoms with Crippen LogP contribution in [0.25, 0.3) is 10.8 Å². The smallest absolute Gasteiger partial charge is 0.118 e. The van der Waals surface area contributed by atoms with Crippen molar-refractivity contribution >= 4 is 10.8 Å². The van der Waals surface area contributed by atoms with Gasteiger partial charge in [-0.25, -0.2) is 0 Å². The van der Waals surface area contributed by atoms with Gasteiger partial charge in [0.05, 0.1) is 6.10 Å². The van der Waals surface area contributed by atoms with Crippen LogP contribution in [-0.2, 0) is 11.2 Å². The first kappa shape index (κ1) is 12.4. The zero-order valence-electron chi connectivity index (χ0n) is 11.6. The lowest BCUT2D eigenvalue weighted by Gasteiger charge is -2.04. The Morgan fingerprint density at radius 2 is 1.62 bits per heavy atom. The van der Waals surface area contributed by atoms with Crippen LogP contribution in [0.15, 0.2) is 66.7 Å². The fourth-order valence-corrected chi connectivity index (χ4v) is 2.97. The predicted molar refractivity (Wildman–Crippen MR) is 83.4 cm³/mol. The van der Waals surface area contributed by atoms with Crippen molar-refractivity contribution in [3.63, 3.8) is 0 Å². The third-order valence-corrected chi connectivity index (χ3v) is 4.13. The molecule has 1 aliphatic rings. The summed E-state index contributed by atoms with van der Waals surface area (Å²) in [6, 6.07) is 22.2. The summed E-state index contributed by atoms with van der Waals surface area (Å²) in [5.41, 5.74) is 2.19. The van der Waals surface area contributed by atoms with Gasteiger partial charge in [-0.3, -0.25) is 0 Å². The highest BCUT2D eigenvalue weighted by atomic mass is 16.6. The molecule has 0 saturated carbocycles. The SMILES string of the molecule is Oc1ccccc1CC1OC1c1cccc2ccccc12. The Balaban J connectivity index is 1.60. The van der Waals surface area contributed by atoms with Gasteiger partial charge in [0.15, 0.2) is 0 Å². The number of para-hydroxylation sites is 1. The second-order valence-corrected chi connectivity index (χ2v) is 5.50. The maximum Gasteiger partial charge on any atom is 0.118 e. The zero-order chi connectivity index (χ0) is 14.2. The Morgan fingerprint density at radius 1 is 0.857 bits per heavy atom. The highest BCUT2D eigenvalue weighted by Crippen LogP contribution is 2.44. The number of ether oxygens (including phenoxy) is 1. The van der Waals surface area contributed by atoms with Crippen molar-refractivity contribution in [2.24, 2.45) is 0 Å². The molecule has 0 amide bonds. The number of rotatable bonds is 3. The van der Waals surface area contributed by atoms with Crippen molar-refractivity contribution in [3.8, 4) is 5.75 Å². The molecular formula is C19H16O2. The molecule has 0 aromatic heterocycles. The molecule has 0 bridgehead atoms. The standard InChI is InChI=1S/C19H16O2/c20-17-11-4-2-7-14(17)12-18-19(21-18)16-10-5-8-13-6-1-3-9-15(13)16/h1-11,18-20H,12H2. The summed E-state index contributed by atoms with van der Waals surface area (Å²) in [5, 5.41) is 12.4. The van der Waals surface area contributed by atoms with Crippen LogP contribution in [-0.4, -0.2) is 11.2 Å². The summed E-state index contributed by atoms with van der Waals surface area (Å²) < 4.78 is 5.86. The van der Waals surface area contributed by atoms with Crippen LogP contribution in [0.2, 0.25) is 0 Å². The topological polar surface area (TPSA) is 32.8 Å². The third kappa shape index (κ3) is 2.28. The van der Waals surface area contributed by atoms with Crippen LogP contribution < -0.4 is 0 Å². The van der Waals surface area contributed by atoms with Crippen LogP contribution >= 0.6 is 0 Å². The van der Waals surface area contributed by atoms with Crippen molar-refractivity contribution in [2.45, 2.75) is 18.6 Å². The molecule has 21 heavy (non-hydrogen) atoms. The zero-order valence-corrected chi connectivity index (χ0v) is 11.6. The Kier molecular flexibility index (Phi) is 2.90. The number of benzene rings is 3. The minimum Gasteiger partial charge on any atom is -0.508 e. The van der Waals surface area contributed by atoms with Gasteiger partial charge in [-0.1, -0.05) is 60.7 Å². The van der Waals surface area contributed by atoms with E-state index in [1.807, 2.05) is 18.2 Å². The second kappa shape index (κ2) is 4.90. The molecule has 2 nitrogen and oxygen atoms in total. The number of fused-ring (bicyclic) bond motifs is 1. The Labute approximate surface area is 123 Å². The summed E-state index contributed by atoms with van der Waals surface area (Å²) in [6.45, 7) is 0. The molecule has 1 fully saturated rings. The number of phenols is 1. The molecule has 0 spiro atoms. The van der Waals surface area contributed by atoms with Crippen molar-refractivity contribution in [3.05, 3.63) is 77.9 Å². The molecule has 0 radical (unpaired) electrons. The molecule has 3 aromatic carbocycles. The minimum absolute atomic E-state index is 0.135. The summed E-state index contributed by atoms with van der Waals surface area (Å²) in [7, 11) is 0. The lowest BCUT2D eigenvalue weighted by molar-refractivity contribution is 0.371. The molecular weight excluding hydrogens is 260 g/mol. The molecule has 2 unspecified atom stereocenters. The van der Waals surface area contributed by atoms with E-state index in [2.05, 4.69) is 42.5 Å². The Hall–Kier alpha value is -2.32. The van der Waals surface area contributed by atoms with Crippen LogP contribution in [0.5, 0.6) is 5.75 Å². The van der Waals surface area contributed by atoms with E-state index in [-0.39, 0.29) is 12.2 Å². The summed E-state index contributed by atoms with van der Waals surface area (Å²) >= 11 is 0. The quantitative estimate of drug-likeness (QED) is 0.726. The van der Waals surface area contributed by atoms with Crippen molar-refractivity contribution in [1.29, 1.82) is 0 Å². The van der Waals surface area contributed by atoms with Gasteiger partial charge in [0.1, 0.15) is 11.9 Å². The minimum atomic E-state index is 0.135. The first-order valence-electron chi connectivity index (χ1n) is 7.23. The predicted octanol–water partition coefficient (Wildman–Crippen LogP) is 4.23. The van der Waals surface area contributed by atoms with Gasteiger partial charge in [-0.15, -0.1) is 0 Å². The van der Waals surface area contributed by atoms with E-state index < -0.39 is 0 Å². The second-order valence-electron chi connectivity index (χ2n) is 5.50. The summed E-state index contributed by atoms with van der Waals surface area (Å²) in [5.74, 6) is 0.352. The van der Waals surface area contributed by atoms with Crippen LogP contribution in [0.4, 0.5) is 0 Å². The van der Waals surface area contributed by atoms with Gasteiger partial charge in [-0.05, 0) is 28.0 Å². The fourth-order valence-electron chi connectivity index (χ4n) is 2.97. The van der Waals surface area contributed by atoms with Gasteiger partial charge >= 0.3 is 0 Å². The molecule has 1 N–H and O–H groups in total. The van der Waals surface area contributed by atoms with Crippen molar-refractivity contribution in [2.75, 3.05) is 0 Å². The molecule has 0 aliphatic carbocycles. The highest BCUT2D eigenvalue weighted by Gasteiger charge is 2.41. The van der Waals surface area contributed by atoms with Crippen LogP contribution in [0.3, 0.4) is 0 Å². The molecule has 104 valence electrons. The lowest BCUT2D eigenvalue weighted by atomic mass is 9.98. The van der Waals surface area contributed by atoms with Gasteiger partial charge in [0, 0.05) is 6.42 Å². The Morgan fingerprint density at radius 3 is 2.52 bits per heavy atom. The van der Waals surface area contributed by atoms with Crippen molar-refractivity contribution in [1.82, 2.24) is 0 Å². The molecule has 2 heteroatoms. The average molecular weight is 276 g/mol. The van der Waals surface area contributed by atoms with Gasteiger partial charge in [0.2, 0.25) is 0 Å². The first-order valence-corrected chi connectivity index (χ1v) is 7.23. The van der Waals surface area contributed by atoms with E-state index in [0.29, 0.717) is 5.75 Å². The number of epoxide rings is 1. The number of phenolic OH excluding ortho intramolecular Hbond substituents is 1. The number of aromatic hydroxyl groups is 1. The van der Waals surface area contributed by atoms with Gasteiger partial charge in [-0.2, -0.15) is 0 Å². The third-order valence-electron chi connectivity index (χ3n) is 4.13. The van der Waals surface area contributed by atoms with E-state index in [4.69, 9.17) is 4.74 Å². The molecule has 3 aromatic rings. The van der Waals surface area contributed by atoms with E-state index >= 15 is 0 Å². The lowest BCUT2D eigenvalue weighted by Crippen LogP contribution is -1.96. The first-order chi connectivity index (χ1) is 10.3. The van der Waals surface area contributed by atoms with Crippen molar-refractivity contribution < 1.29 is 9.84 Å². The summed E-state index contributed by atoms with van der Waals surface area (Å²) in [4.78, 5) is 0. The number of hydrogen-bond donors (Lipinski definition) is 1. The number of hydrogen-bond acceptors (Lipinski definition) is 2. The van der Waals surface area contributed by atoms with Gasteiger partial charge in [0.25, 0.3) is 0 Å². The fraction of sp³-hybridized carbons (Fsp3) is 0.158. The molecule has 1 aliphatic heterocycles. The van der Waals surface area contributed by atoms with E-state index in [1.54, 1.807) is 6.07 Å². The van der Waals surface area contributed by atoms with E-state index in [9.17, 15) is 5.11 Å². The normalized spacial score (nSPS) is 20.6. The maximum absolute atomic E-state index is 9.86. The van der Waals surface area contributed by atoms with E-state index in [1.165, 1.54) is 16.3 Å². The highest BCUT2D eigenvalue weighted by molar-refractivity contribution is 5.86. The largest absolute Gasteiger partial charge is 0.508 e. The molecule has 1 heterocycles. The van der Waals surface area contributed by atoms with Crippen LogP contribution in [0, 0.1) is 0 Å². The van der Waals surface area contributed by atoms with E-state index in [0.717, 1.165) is 12.0 Å². The maximum atomic E-state index is 9.86.